The van der Waals surface area contributed by atoms with Gasteiger partial charge in [0.05, 0.1) is 25.6 Å². The smallest absolute Gasteiger partial charge is 0.310 e. The molecule has 1 heterocycles. The lowest BCUT2D eigenvalue weighted by Gasteiger charge is -2.35. The summed E-state index contributed by atoms with van der Waals surface area (Å²) in [5, 5.41) is 0. The minimum absolute atomic E-state index is 0.0571. The fraction of sp³-hybridized carbons (Fsp3) is 0.857. The van der Waals surface area contributed by atoms with E-state index >= 15 is 0 Å². The van der Waals surface area contributed by atoms with Crippen molar-refractivity contribution < 1.29 is 19.1 Å². The predicted molar refractivity (Wildman–Crippen MR) is 71.6 cm³/mol. The van der Waals surface area contributed by atoms with E-state index in [-0.39, 0.29) is 23.9 Å². The summed E-state index contributed by atoms with van der Waals surface area (Å²) in [7, 11) is 0. The second-order valence-electron chi connectivity index (χ2n) is 4.94. The van der Waals surface area contributed by atoms with Crippen LogP contribution < -0.4 is 0 Å². The van der Waals surface area contributed by atoms with Gasteiger partial charge in [0.1, 0.15) is 0 Å². The van der Waals surface area contributed by atoms with Gasteiger partial charge in [0.15, 0.2) is 0 Å². The van der Waals surface area contributed by atoms with Crippen LogP contribution >= 0.6 is 0 Å². The summed E-state index contributed by atoms with van der Waals surface area (Å²) in [6.07, 6.45) is 2.22. The summed E-state index contributed by atoms with van der Waals surface area (Å²) in [4.78, 5) is 25.4. The summed E-state index contributed by atoms with van der Waals surface area (Å²) < 4.78 is 10.0. The van der Waals surface area contributed by atoms with E-state index in [1.807, 2.05) is 13.8 Å². The fourth-order valence-corrected chi connectivity index (χ4v) is 2.45. The maximum atomic E-state index is 11.8. The lowest BCUT2D eigenvalue weighted by atomic mass is 9.96. The summed E-state index contributed by atoms with van der Waals surface area (Å²) in [6, 6.07) is 0.108. The molecule has 0 aromatic carbocycles. The van der Waals surface area contributed by atoms with Gasteiger partial charge in [-0.25, -0.2) is 0 Å². The van der Waals surface area contributed by atoms with Gasteiger partial charge >= 0.3 is 11.9 Å². The molecule has 0 spiro atoms. The van der Waals surface area contributed by atoms with E-state index in [1.54, 1.807) is 6.92 Å². The van der Waals surface area contributed by atoms with Crippen LogP contribution in [-0.2, 0) is 19.1 Å². The van der Waals surface area contributed by atoms with E-state index in [9.17, 15) is 9.59 Å². The largest absolute Gasteiger partial charge is 0.466 e. The third-order valence-corrected chi connectivity index (χ3v) is 3.46. The number of ether oxygens (including phenoxy) is 2. The first kappa shape index (κ1) is 16.0. The van der Waals surface area contributed by atoms with Crippen LogP contribution in [0, 0.1) is 5.92 Å². The highest BCUT2D eigenvalue weighted by Gasteiger charge is 2.29. The van der Waals surface area contributed by atoms with Crippen LogP contribution in [0.15, 0.2) is 0 Å². The number of carbonyl (C=O) groups excluding carboxylic acids is 2. The minimum Gasteiger partial charge on any atom is -0.466 e. The number of hydrogen-bond acceptors (Lipinski definition) is 5. The number of nitrogens with zero attached hydrogens (tertiary/aromatic N) is 1. The maximum Gasteiger partial charge on any atom is 0.310 e. The zero-order chi connectivity index (χ0) is 14.3. The Kier molecular flexibility index (Phi) is 6.84. The molecule has 2 atom stereocenters. The summed E-state index contributed by atoms with van der Waals surface area (Å²) >= 11 is 0. The Morgan fingerprint density at radius 1 is 1.26 bits per heavy atom. The molecule has 1 rings (SSSR count). The quantitative estimate of drug-likeness (QED) is 0.687. The zero-order valence-electron chi connectivity index (χ0n) is 12.2. The highest BCUT2D eigenvalue weighted by Crippen LogP contribution is 2.21. The van der Waals surface area contributed by atoms with Gasteiger partial charge in [0, 0.05) is 12.6 Å². The molecule has 1 aliphatic heterocycles. The molecule has 0 saturated carbocycles. The Morgan fingerprint density at radius 2 is 1.95 bits per heavy atom. The topological polar surface area (TPSA) is 55.8 Å². The van der Waals surface area contributed by atoms with E-state index < -0.39 is 0 Å². The summed E-state index contributed by atoms with van der Waals surface area (Å²) in [5.74, 6) is -0.345. The Balaban J connectivity index is 2.45. The van der Waals surface area contributed by atoms with Crippen LogP contribution in [-0.4, -0.2) is 49.2 Å². The van der Waals surface area contributed by atoms with Crippen molar-refractivity contribution in [2.45, 2.75) is 46.1 Å². The molecule has 0 radical (unpaired) electrons. The van der Waals surface area contributed by atoms with E-state index in [4.69, 9.17) is 9.47 Å². The van der Waals surface area contributed by atoms with Gasteiger partial charge in [-0.05, 0) is 40.2 Å². The zero-order valence-corrected chi connectivity index (χ0v) is 12.2. The third-order valence-electron chi connectivity index (χ3n) is 3.46. The van der Waals surface area contributed by atoms with Crippen LogP contribution in [0.1, 0.15) is 40.0 Å². The van der Waals surface area contributed by atoms with Gasteiger partial charge in [-0.1, -0.05) is 0 Å². The average Bonchev–Trinajstić information content (AvgIpc) is 2.39. The van der Waals surface area contributed by atoms with Crippen molar-refractivity contribution in [3.05, 3.63) is 0 Å². The van der Waals surface area contributed by atoms with Crippen molar-refractivity contribution in [2.75, 3.05) is 26.3 Å². The van der Waals surface area contributed by atoms with E-state index in [1.165, 1.54) is 0 Å². The van der Waals surface area contributed by atoms with Crippen LogP contribution in [0.4, 0.5) is 0 Å². The Bertz CT molecular complexity index is 306. The maximum absolute atomic E-state index is 11.8. The molecule has 1 saturated heterocycles. The van der Waals surface area contributed by atoms with Gasteiger partial charge in [0.25, 0.3) is 0 Å². The number of esters is 2. The predicted octanol–water partition coefficient (Wildman–Crippen LogP) is 1.60. The van der Waals surface area contributed by atoms with Gasteiger partial charge < -0.3 is 9.47 Å². The highest BCUT2D eigenvalue weighted by atomic mass is 16.5. The van der Waals surface area contributed by atoms with E-state index in [0.29, 0.717) is 26.2 Å². The first-order valence-corrected chi connectivity index (χ1v) is 7.14. The SMILES string of the molecule is CCOC(=O)CC(C)N1CCC[C@@H](C(=O)OCC)C1. The van der Waals surface area contributed by atoms with Gasteiger partial charge in [-0.15, -0.1) is 0 Å². The number of hydrogen-bond donors (Lipinski definition) is 0. The second-order valence-corrected chi connectivity index (χ2v) is 4.94. The molecule has 0 bridgehead atoms. The number of likely N-dealkylation sites (tertiary alicyclic amines) is 1. The van der Waals surface area contributed by atoms with Crippen LogP contribution in [0.2, 0.25) is 0 Å². The molecule has 0 amide bonds. The highest BCUT2D eigenvalue weighted by molar-refractivity contribution is 5.73. The first-order valence-electron chi connectivity index (χ1n) is 7.14. The van der Waals surface area contributed by atoms with E-state index in [0.717, 1.165) is 19.4 Å². The molecule has 1 fully saturated rings. The van der Waals surface area contributed by atoms with Crippen LogP contribution in [0.5, 0.6) is 0 Å². The molecule has 0 aromatic rings. The third kappa shape index (κ3) is 5.19. The molecule has 5 nitrogen and oxygen atoms in total. The fourth-order valence-electron chi connectivity index (χ4n) is 2.45. The van der Waals surface area contributed by atoms with Crippen LogP contribution in [0.25, 0.3) is 0 Å². The molecule has 110 valence electrons. The van der Waals surface area contributed by atoms with Gasteiger partial charge in [0.2, 0.25) is 0 Å². The Hall–Kier alpha value is -1.10. The molecule has 0 aromatic heterocycles. The second kappa shape index (κ2) is 8.15. The van der Waals surface area contributed by atoms with Crippen molar-refractivity contribution in [2.24, 2.45) is 5.92 Å². The standard InChI is InChI=1S/C14H25NO4/c1-4-18-13(16)9-11(3)15-8-6-7-12(10-15)14(17)19-5-2/h11-12H,4-10H2,1-3H3/t11?,12-/m1/s1. The normalized spacial score (nSPS) is 21.7. The Labute approximate surface area is 115 Å². The number of carbonyl (C=O) groups is 2. The van der Waals surface area contributed by atoms with E-state index in [2.05, 4.69) is 4.90 Å². The van der Waals surface area contributed by atoms with Crippen molar-refractivity contribution in [1.82, 2.24) is 4.90 Å². The molecular weight excluding hydrogens is 246 g/mol. The van der Waals surface area contributed by atoms with Crippen LogP contribution in [0.3, 0.4) is 0 Å². The van der Waals surface area contributed by atoms with Crippen molar-refractivity contribution in [3.63, 3.8) is 0 Å². The lowest BCUT2D eigenvalue weighted by molar-refractivity contribution is -0.150. The van der Waals surface area contributed by atoms with Crippen molar-refractivity contribution in [1.29, 1.82) is 0 Å². The summed E-state index contributed by atoms with van der Waals surface area (Å²) in [5.41, 5.74) is 0. The molecule has 1 aliphatic rings. The van der Waals surface area contributed by atoms with Gasteiger partial charge in [-0.3, -0.25) is 14.5 Å². The molecular formula is C14H25NO4. The molecule has 0 N–H and O–H groups in total. The monoisotopic (exact) mass is 271 g/mol. The van der Waals surface area contributed by atoms with Gasteiger partial charge in [-0.2, -0.15) is 0 Å². The minimum atomic E-state index is -0.173. The number of rotatable bonds is 6. The van der Waals surface area contributed by atoms with Crippen molar-refractivity contribution >= 4 is 11.9 Å². The summed E-state index contributed by atoms with van der Waals surface area (Å²) in [6.45, 7) is 8.08. The lowest BCUT2D eigenvalue weighted by Crippen LogP contribution is -2.44. The molecule has 1 unspecified atom stereocenters. The number of piperidine rings is 1. The van der Waals surface area contributed by atoms with Crippen molar-refractivity contribution in [3.8, 4) is 0 Å². The molecule has 19 heavy (non-hydrogen) atoms. The Morgan fingerprint density at radius 3 is 2.58 bits per heavy atom. The average molecular weight is 271 g/mol. The first-order chi connectivity index (χ1) is 9.08. The molecule has 0 aliphatic carbocycles. The molecule has 5 heteroatoms.